The lowest BCUT2D eigenvalue weighted by Crippen LogP contribution is -2.18. The Morgan fingerprint density at radius 3 is 2.84 bits per heavy atom. The molecule has 0 aliphatic carbocycles. The topological polar surface area (TPSA) is 113 Å². The third kappa shape index (κ3) is 5.40. The molecule has 0 spiro atoms. The average molecular weight is 432 g/mol. The third-order valence-electron chi connectivity index (χ3n) is 5.08. The molecule has 3 N–H and O–H groups in total. The number of aromatic nitrogens is 2. The highest BCUT2D eigenvalue weighted by atomic mass is 16.5. The highest BCUT2D eigenvalue weighted by Crippen LogP contribution is 2.27. The molecule has 0 saturated heterocycles. The van der Waals surface area contributed by atoms with Crippen LogP contribution in [0.2, 0.25) is 0 Å². The second kappa shape index (κ2) is 9.47. The van der Waals surface area contributed by atoms with Gasteiger partial charge in [0.15, 0.2) is 0 Å². The number of nitrogens with one attached hydrogen (secondary N) is 3. The number of aryl methyl sites for hydroxylation is 2. The predicted octanol–water partition coefficient (Wildman–Crippen LogP) is 3.43. The zero-order valence-corrected chi connectivity index (χ0v) is 17.7. The highest BCUT2D eigenvalue weighted by molar-refractivity contribution is 5.94. The van der Waals surface area contributed by atoms with Crippen LogP contribution in [0.1, 0.15) is 30.5 Å². The molecule has 2 amide bonds. The van der Waals surface area contributed by atoms with E-state index in [9.17, 15) is 14.4 Å². The SMILES string of the molecule is Cc1cc(=O)[nH]c(-c2cccc(NC(=O)CCCOc3ccc4c(c3)CCC(=O)N4)c2)n1. The summed E-state index contributed by atoms with van der Waals surface area (Å²) in [5.74, 6) is 1.10. The van der Waals surface area contributed by atoms with Gasteiger partial charge in [0.05, 0.1) is 6.61 Å². The second-order valence-corrected chi connectivity index (χ2v) is 7.68. The molecule has 1 aliphatic rings. The van der Waals surface area contributed by atoms with Crippen LogP contribution in [0, 0.1) is 6.92 Å². The number of hydrogen-bond acceptors (Lipinski definition) is 5. The molecular weight excluding hydrogens is 408 g/mol. The Balaban J connectivity index is 1.27. The number of rotatable bonds is 7. The summed E-state index contributed by atoms with van der Waals surface area (Å²) in [5.41, 5.74) is 3.65. The summed E-state index contributed by atoms with van der Waals surface area (Å²) in [4.78, 5) is 42.5. The van der Waals surface area contributed by atoms with Crippen molar-refractivity contribution in [2.45, 2.75) is 32.6 Å². The largest absolute Gasteiger partial charge is 0.494 e. The quantitative estimate of drug-likeness (QED) is 0.495. The Hall–Kier alpha value is -3.94. The van der Waals surface area contributed by atoms with Gasteiger partial charge < -0.3 is 20.4 Å². The van der Waals surface area contributed by atoms with Gasteiger partial charge >= 0.3 is 0 Å². The molecule has 32 heavy (non-hydrogen) atoms. The second-order valence-electron chi connectivity index (χ2n) is 7.68. The van der Waals surface area contributed by atoms with Crippen LogP contribution in [0.15, 0.2) is 53.3 Å². The molecule has 0 radical (unpaired) electrons. The molecule has 0 bridgehead atoms. The summed E-state index contributed by atoms with van der Waals surface area (Å²) in [6, 6.07) is 14.2. The fraction of sp³-hybridized carbons (Fsp3) is 0.250. The van der Waals surface area contributed by atoms with Crippen LogP contribution >= 0.6 is 0 Å². The minimum Gasteiger partial charge on any atom is -0.494 e. The Morgan fingerprint density at radius 1 is 1.12 bits per heavy atom. The van der Waals surface area contributed by atoms with E-state index in [0.717, 1.165) is 22.6 Å². The maximum absolute atomic E-state index is 12.3. The smallest absolute Gasteiger partial charge is 0.251 e. The zero-order chi connectivity index (χ0) is 22.5. The maximum atomic E-state index is 12.3. The first-order chi connectivity index (χ1) is 15.5. The summed E-state index contributed by atoms with van der Waals surface area (Å²) < 4.78 is 5.76. The van der Waals surface area contributed by atoms with E-state index in [1.165, 1.54) is 6.07 Å². The Morgan fingerprint density at radius 2 is 2.00 bits per heavy atom. The van der Waals surface area contributed by atoms with E-state index >= 15 is 0 Å². The molecule has 2 aromatic carbocycles. The van der Waals surface area contributed by atoms with Gasteiger partial charge in [0.1, 0.15) is 11.6 Å². The number of hydrogen-bond donors (Lipinski definition) is 3. The lowest BCUT2D eigenvalue weighted by Gasteiger charge is -2.17. The summed E-state index contributed by atoms with van der Waals surface area (Å²) >= 11 is 0. The molecule has 0 fully saturated rings. The number of ether oxygens (including phenoxy) is 1. The number of fused-ring (bicyclic) bond motifs is 1. The van der Waals surface area contributed by atoms with Crippen molar-refractivity contribution < 1.29 is 14.3 Å². The lowest BCUT2D eigenvalue weighted by atomic mass is 10.0. The maximum Gasteiger partial charge on any atom is 0.251 e. The Kier molecular flexibility index (Phi) is 6.30. The van der Waals surface area contributed by atoms with Crippen LogP contribution in [-0.4, -0.2) is 28.4 Å². The Bertz CT molecular complexity index is 1220. The van der Waals surface area contributed by atoms with Gasteiger partial charge in [-0.2, -0.15) is 0 Å². The van der Waals surface area contributed by atoms with E-state index in [2.05, 4.69) is 20.6 Å². The molecule has 0 unspecified atom stereocenters. The van der Waals surface area contributed by atoms with Gasteiger partial charge in [-0.25, -0.2) is 4.98 Å². The first kappa shape index (κ1) is 21.3. The lowest BCUT2D eigenvalue weighted by molar-refractivity contribution is -0.117. The first-order valence-electron chi connectivity index (χ1n) is 10.5. The molecular formula is C24H24N4O4. The van der Waals surface area contributed by atoms with Crippen LogP contribution < -0.4 is 20.9 Å². The van der Waals surface area contributed by atoms with Crippen LogP contribution in [-0.2, 0) is 16.0 Å². The van der Waals surface area contributed by atoms with Gasteiger partial charge in [0, 0.05) is 41.5 Å². The van der Waals surface area contributed by atoms with Crippen molar-refractivity contribution in [3.05, 3.63) is 70.1 Å². The summed E-state index contributed by atoms with van der Waals surface area (Å²) in [6.07, 6.45) is 2.05. The van der Waals surface area contributed by atoms with Crippen molar-refractivity contribution in [3.63, 3.8) is 0 Å². The normalized spacial score (nSPS) is 12.6. The van der Waals surface area contributed by atoms with Crippen molar-refractivity contribution >= 4 is 23.2 Å². The van der Waals surface area contributed by atoms with Gasteiger partial charge in [0.2, 0.25) is 11.8 Å². The highest BCUT2D eigenvalue weighted by Gasteiger charge is 2.15. The van der Waals surface area contributed by atoms with E-state index < -0.39 is 0 Å². The van der Waals surface area contributed by atoms with Crippen molar-refractivity contribution in [2.75, 3.05) is 17.2 Å². The van der Waals surface area contributed by atoms with Gasteiger partial charge in [-0.3, -0.25) is 14.4 Å². The van der Waals surface area contributed by atoms with Crippen LogP contribution in [0.5, 0.6) is 5.75 Å². The average Bonchev–Trinajstić information content (AvgIpc) is 2.76. The van der Waals surface area contributed by atoms with Crippen LogP contribution in [0.25, 0.3) is 11.4 Å². The molecule has 1 aliphatic heterocycles. The van der Waals surface area contributed by atoms with Gasteiger partial charge in [-0.1, -0.05) is 12.1 Å². The fourth-order valence-corrected chi connectivity index (χ4v) is 3.56. The fourth-order valence-electron chi connectivity index (χ4n) is 3.56. The molecule has 164 valence electrons. The number of amides is 2. The molecule has 4 rings (SSSR count). The van der Waals surface area contributed by atoms with E-state index in [-0.39, 0.29) is 17.4 Å². The standard InChI is InChI=1S/C24H24N4O4/c1-15-12-23(31)28-24(25-15)17-4-2-5-18(13-17)26-21(29)6-3-11-32-19-8-9-20-16(14-19)7-10-22(30)27-20/h2,4-5,8-9,12-14H,3,6-7,10-11H2,1H3,(H,26,29)(H,27,30)(H,25,28,31). The molecule has 1 aromatic heterocycles. The van der Waals surface area contributed by atoms with Crippen molar-refractivity contribution in [2.24, 2.45) is 0 Å². The van der Waals surface area contributed by atoms with E-state index in [4.69, 9.17) is 4.74 Å². The number of anilines is 2. The molecule has 0 atom stereocenters. The molecule has 8 nitrogen and oxygen atoms in total. The van der Waals surface area contributed by atoms with Crippen LogP contribution in [0.4, 0.5) is 11.4 Å². The van der Waals surface area contributed by atoms with Crippen molar-refractivity contribution in [3.8, 4) is 17.1 Å². The predicted molar refractivity (Wildman–Crippen MR) is 122 cm³/mol. The van der Waals surface area contributed by atoms with Crippen LogP contribution in [0.3, 0.4) is 0 Å². The number of benzene rings is 2. The molecule has 8 heteroatoms. The number of aromatic amines is 1. The zero-order valence-electron chi connectivity index (χ0n) is 17.7. The van der Waals surface area contributed by atoms with E-state index in [1.807, 2.05) is 24.3 Å². The monoisotopic (exact) mass is 432 g/mol. The van der Waals surface area contributed by atoms with Crippen molar-refractivity contribution in [1.29, 1.82) is 0 Å². The first-order valence-corrected chi connectivity index (χ1v) is 10.5. The summed E-state index contributed by atoms with van der Waals surface area (Å²) in [6.45, 7) is 2.17. The molecule has 2 heterocycles. The van der Waals surface area contributed by atoms with E-state index in [0.29, 0.717) is 49.5 Å². The van der Waals surface area contributed by atoms with Gasteiger partial charge in [-0.15, -0.1) is 0 Å². The minimum atomic E-state index is -0.217. The number of nitrogens with zero attached hydrogens (tertiary/aromatic N) is 1. The van der Waals surface area contributed by atoms with E-state index in [1.54, 1.807) is 25.1 Å². The molecule has 0 saturated carbocycles. The van der Waals surface area contributed by atoms with Gasteiger partial charge in [0.25, 0.3) is 5.56 Å². The van der Waals surface area contributed by atoms with Crippen molar-refractivity contribution in [1.82, 2.24) is 9.97 Å². The minimum absolute atomic E-state index is 0.0335. The number of carbonyl (C=O) groups excluding carboxylic acids is 2. The summed E-state index contributed by atoms with van der Waals surface area (Å²) in [5, 5.41) is 5.71. The third-order valence-corrected chi connectivity index (χ3v) is 5.08. The Labute approximate surface area is 185 Å². The summed E-state index contributed by atoms with van der Waals surface area (Å²) in [7, 11) is 0. The number of H-pyrrole nitrogens is 1. The van der Waals surface area contributed by atoms with Gasteiger partial charge in [-0.05, 0) is 55.7 Å². The molecule has 3 aromatic rings. The number of carbonyl (C=O) groups is 2.